The second kappa shape index (κ2) is 6.38. The zero-order valence-electron chi connectivity index (χ0n) is 10.6. The van der Waals surface area contributed by atoms with Gasteiger partial charge in [-0.15, -0.1) is 0 Å². The fourth-order valence-corrected chi connectivity index (χ4v) is 2.00. The highest BCUT2D eigenvalue weighted by Gasteiger charge is 2.06. The molecule has 0 spiro atoms. The molecule has 0 atom stereocenters. The summed E-state index contributed by atoms with van der Waals surface area (Å²) in [5, 5.41) is 1.72. The van der Waals surface area contributed by atoms with Crippen LogP contribution in [-0.2, 0) is 11.2 Å². The third-order valence-electron chi connectivity index (χ3n) is 2.71. The van der Waals surface area contributed by atoms with Gasteiger partial charge in [-0.05, 0) is 29.8 Å². The summed E-state index contributed by atoms with van der Waals surface area (Å²) in [7, 11) is 1.83. The number of anilines is 1. The summed E-state index contributed by atoms with van der Waals surface area (Å²) in [5.74, 6) is -0.0309. The van der Waals surface area contributed by atoms with Gasteiger partial charge < -0.3 is 0 Å². The maximum absolute atomic E-state index is 11.9. The first-order valence-corrected chi connectivity index (χ1v) is 6.77. The number of amides is 1. The predicted octanol–water partition coefficient (Wildman–Crippen LogP) is 3.16. The van der Waals surface area contributed by atoms with Crippen LogP contribution in [0.15, 0.2) is 59.1 Å². The molecular formula is C15H15BrN2O. The Bertz CT molecular complexity index is 540. The lowest BCUT2D eigenvalue weighted by Gasteiger charge is -2.20. The van der Waals surface area contributed by atoms with Gasteiger partial charge in [0.1, 0.15) is 0 Å². The molecule has 19 heavy (non-hydrogen) atoms. The number of nitrogens with one attached hydrogen (secondary N) is 1. The van der Waals surface area contributed by atoms with Crippen LogP contribution in [0.2, 0.25) is 0 Å². The molecule has 2 aromatic carbocycles. The smallest absolute Gasteiger partial charge is 0.242 e. The third kappa shape index (κ3) is 4.10. The van der Waals surface area contributed by atoms with E-state index in [4.69, 9.17) is 0 Å². The Morgan fingerprint density at radius 3 is 2.37 bits per heavy atom. The Hall–Kier alpha value is -1.81. The summed E-state index contributed by atoms with van der Waals surface area (Å²) >= 11 is 3.38. The van der Waals surface area contributed by atoms with Gasteiger partial charge in [-0.1, -0.05) is 46.3 Å². The van der Waals surface area contributed by atoms with E-state index in [1.807, 2.05) is 61.6 Å². The van der Waals surface area contributed by atoms with Crippen molar-refractivity contribution in [2.45, 2.75) is 6.42 Å². The standard InChI is InChI=1S/C15H15BrN2O/c1-18(14-9-7-13(16)8-10-14)17-15(19)11-12-5-3-2-4-6-12/h2-10H,11H2,1H3,(H,17,19). The van der Waals surface area contributed by atoms with Crippen molar-refractivity contribution in [1.29, 1.82) is 0 Å². The molecule has 1 N–H and O–H groups in total. The minimum Gasteiger partial charge on any atom is -0.289 e. The van der Waals surface area contributed by atoms with E-state index in [2.05, 4.69) is 21.4 Å². The molecule has 0 saturated carbocycles. The van der Waals surface area contributed by atoms with Crippen LogP contribution in [0.25, 0.3) is 0 Å². The van der Waals surface area contributed by atoms with Gasteiger partial charge in [-0.25, -0.2) is 0 Å². The molecule has 0 fully saturated rings. The van der Waals surface area contributed by atoms with E-state index in [0.29, 0.717) is 6.42 Å². The summed E-state index contributed by atoms with van der Waals surface area (Å²) < 4.78 is 1.01. The number of hydrazine groups is 1. The fourth-order valence-electron chi connectivity index (χ4n) is 1.74. The van der Waals surface area contributed by atoms with Crippen LogP contribution in [0.3, 0.4) is 0 Å². The summed E-state index contributed by atoms with van der Waals surface area (Å²) in [4.78, 5) is 11.9. The second-order valence-corrected chi connectivity index (χ2v) is 5.15. The van der Waals surface area contributed by atoms with Gasteiger partial charge >= 0.3 is 0 Å². The van der Waals surface area contributed by atoms with Crippen LogP contribution < -0.4 is 10.4 Å². The van der Waals surface area contributed by atoms with Crippen molar-refractivity contribution in [2.24, 2.45) is 0 Å². The molecule has 0 radical (unpaired) electrons. The van der Waals surface area contributed by atoms with E-state index in [1.54, 1.807) is 5.01 Å². The molecule has 0 bridgehead atoms. The minimum atomic E-state index is -0.0309. The summed E-state index contributed by atoms with van der Waals surface area (Å²) in [6.07, 6.45) is 0.377. The SMILES string of the molecule is CN(NC(=O)Cc1ccccc1)c1ccc(Br)cc1. The van der Waals surface area contributed by atoms with Gasteiger partial charge in [-0.3, -0.25) is 15.2 Å². The second-order valence-electron chi connectivity index (χ2n) is 4.23. The van der Waals surface area contributed by atoms with E-state index in [-0.39, 0.29) is 5.91 Å². The van der Waals surface area contributed by atoms with E-state index in [9.17, 15) is 4.79 Å². The molecule has 0 aliphatic carbocycles. The molecule has 3 nitrogen and oxygen atoms in total. The average molecular weight is 319 g/mol. The van der Waals surface area contributed by atoms with Crippen molar-refractivity contribution in [3.8, 4) is 0 Å². The van der Waals surface area contributed by atoms with Gasteiger partial charge in [0.2, 0.25) is 5.91 Å². The topological polar surface area (TPSA) is 32.3 Å². The molecule has 2 rings (SSSR count). The number of nitrogens with zero attached hydrogens (tertiary/aromatic N) is 1. The molecular weight excluding hydrogens is 304 g/mol. The van der Waals surface area contributed by atoms with E-state index in [0.717, 1.165) is 15.7 Å². The van der Waals surface area contributed by atoms with Crippen LogP contribution in [0.5, 0.6) is 0 Å². The first-order valence-electron chi connectivity index (χ1n) is 5.98. The van der Waals surface area contributed by atoms with Gasteiger partial charge in [0.25, 0.3) is 0 Å². The molecule has 0 heterocycles. The van der Waals surface area contributed by atoms with Gasteiger partial charge in [0, 0.05) is 11.5 Å². The number of rotatable bonds is 4. The Morgan fingerprint density at radius 2 is 1.74 bits per heavy atom. The first-order chi connectivity index (χ1) is 9.15. The van der Waals surface area contributed by atoms with Crippen LogP contribution in [0, 0.1) is 0 Å². The van der Waals surface area contributed by atoms with Crippen molar-refractivity contribution in [2.75, 3.05) is 12.1 Å². The Balaban J connectivity index is 1.93. The van der Waals surface area contributed by atoms with Crippen LogP contribution in [0.4, 0.5) is 5.69 Å². The average Bonchev–Trinajstić information content (AvgIpc) is 2.40. The molecule has 2 aromatic rings. The van der Waals surface area contributed by atoms with Crippen LogP contribution >= 0.6 is 15.9 Å². The largest absolute Gasteiger partial charge is 0.289 e. The zero-order valence-corrected chi connectivity index (χ0v) is 12.2. The quantitative estimate of drug-likeness (QED) is 0.878. The molecule has 1 amide bonds. The number of hydrogen-bond donors (Lipinski definition) is 1. The fraction of sp³-hybridized carbons (Fsp3) is 0.133. The van der Waals surface area contributed by atoms with Crippen molar-refractivity contribution < 1.29 is 4.79 Å². The monoisotopic (exact) mass is 318 g/mol. The lowest BCUT2D eigenvalue weighted by molar-refractivity contribution is -0.120. The minimum absolute atomic E-state index is 0.0309. The first kappa shape index (κ1) is 13.6. The van der Waals surface area contributed by atoms with Crippen molar-refractivity contribution in [3.63, 3.8) is 0 Å². The summed E-state index contributed by atoms with van der Waals surface area (Å²) in [6.45, 7) is 0. The maximum Gasteiger partial charge on any atom is 0.242 e. The molecule has 98 valence electrons. The van der Waals surface area contributed by atoms with Gasteiger partial charge in [0.15, 0.2) is 0 Å². The number of benzene rings is 2. The third-order valence-corrected chi connectivity index (χ3v) is 3.24. The maximum atomic E-state index is 11.9. The zero-order chi connectivity index (χ0) is 13.7. The summed E-state index contributed by atoms with van der Waals surface area (Å²) in [5.41, 5.74) is 4.78. The Morgan fingerprint density at radius 1 is 1.11 bits per heavy atom. The number of hydrogen-bond acceptors (Lipinski definition) is 2. The van der Waals surface area contributed by atoms with E-state index in [1.165, 1.54) is 0 Å². The van der Waals surface area contributed by atoms with Gasteiger partial charge in [-0.2, -0.15) is 0 Å². The number of halogens is 1. The molecule has 0 aliphatic rings. The predicted molar refractivity (Wildman–Crippen MR) is 80.8 cm³/mol. The van der Waals surface area contributed by atoms with Crippen LogP contribution in [-0.4, -0.2) is 13.0 Å². The van der Waals surface area contributed by atoms with Crippen molar-refractivity contribution in [3.05, 3.63) is 64.6 Å². The summed E-state index contributed by atoms with van der Waals surface area (Å²) in [6, 6.07) is 17.4. The lowest BCUT2D eigenvalue weighted by Crippen LogP contribution is -2.40. The molecule has 0 unspecified atom stereocenters. The van der Waals surface area contributed by atoms with E-state index >= 15 is 0 Å². The normalized spacial score (nSPS) is 10.0. The highest BCUT2D eigenvalue weighted by Crippen LogP contribution is 2.16. The van der Waals surface area contributed by atoms with Crippen LogP contribution in [0.1, 0.15) is 5.56 Å². The van der Waals surface area contributed by atoms with Crippen molar-refractivity contribution >= 4 is 27.5 Å². The molecule has 0 aliphatic heterocycles. The Kier molecular flexibility index (Phi) is 4.58. The highest BCUT2D eigenvalue weighted by atomic mass is 79.9. The Labute approximate surface area is 121 Å². The van der Waals surface area contributed by atoms with E-state index < -0.39 is 0 Å². The number of carbonyl (C=O) groups excluding carboxylic acids is 1. The number of carbonyl (C=O) groups is 1. The highest BCUT2D eigenvalue weighted by molar-refractivity contribution is 9.10. The van der Waals surface area contributed by atoms with Crippen molar-refractivity contribution in [1.82, 2.24) is 5.43 Å². The molecule has 0 saturated heterocycles. The molecule has 0 aromatic heterocycles. The molecule has 4 heteroatoms. The lowest BCUT2D eigenvalue weighted by atomic mass is 10.1. The van der Waals surface area contributed by atoms with Gasteiger partial charge in [0.05, 0.1) is 12.1 Å².